The van der Waals surface area contributed by atoms with Crippen molar-refractivity contribution in [3.05, 3.63) is 35.9 Å². The second-order valence-electron chi connectivity index (χ2n) is 5.65. The Hall–Kier alpha value is -1.68. The van der Waals surface area contributed by atoms with Crippen molar-refractivity contribution in [3.8, 4) is 0 Å². The maximum Gasteiger partial charge on any atom is 0.136 e. The smallest absolute Gasteiger partial charge is 0.136 e. The van der Waals surface area contributed by atoms with Crippen LogP contribution >= 0.6 is 12.2 Å². The van der Waals surface area contributed by atoms with E-state index in [1.54, 1.807) is 0 Å². The van der Waals surface area contributed by atoms with E-state index in [-0.39, 0.29) is 0 Å². The van der Waals surface area contributed by atoms with Crippen molar-refractivity contribution in [3.63, 3.8) is 0 Å². The van der Waals surface area contributed by atoms with E-state index >= 15 is 0 Å². The van der Waals surface area contributed by atoms with Gasteiger partial charge in [-0.1, -0.05) is 37.3 Å². The number of thiocarbonyl (C=S) groups is 1. The molecule has 0 unspecified atom stereocenters. The quantitative estimate of drug-likeness (QED) is 0.826. The van der Waals surface area contributed by atoms with Crippen LogP contribution in [-0.4, -0.2) is 16.5 Å². The average molecular weight is 285 g/mol. The monoisotopic (exact) mass is 285 g/mol. The molecule has 20 heavy (non-hydrogen) atoms. The first kappa shape index (κ1) is 13.3. The second-order valence-corrected chi connectivity index (χ2v) is 6.09. The first-order chi connectivity index (χ1) is 9.63. The molecule has 1 aromatic carbocycles. The summed E-state index contributed by atoms with van der Waals surface area (Å²) < 4.78 is 0. The first-order valence-corrected chi connectivity index (χ1v) is 7.48. The summed E-state index contributed by atoms with van der Waals surface area (Å²) in [6.07, 6.45) is 3.80. The predicted octanol–water partition coefficient (Wildman–Crippen LogP) is 3.47. The van der Waals surface area contributed by atoms with Gasteiger partial charge in [0.2, 0.25) is 0 Å². The van der Waals surface area contributed by atoms with Gasteiger partial charge in [-0.25, -0.2) is 4.98 Å². The number of para-hydroxylation sites is 1. The van der Waals surface area contributed by atoms with Crippen LogP contribution in [-0.2, 0) is 0 Å². The van der Waals surface area contributed by atoms with Crippen molar-refractivity contribution in [1.29, 1.82) is 0 Å². The Kier molecular flexibility index (Phi) is 3.34. The Morgan fingerprint density at radius 2 is 2.15 bits per heavy atom. The number of hydrogen-bond donors (Lipinski definition) is 2. The molecular formula is C16H19N3S. The van der Waals surface area contributed by atoms with Gasteiger partial charge in [0, 0.05) is 11.9 Å². The van der Waals surface area contributed by atoms with Crippen molar-refractivity contribution in [2.75, 3.05) is 11.9 Å². The van der Waals surface area contributed by atoms with Gasteiger partial charge < -0.3 is 11.1 Å². The summed E-state index contributed by atoms with van der Waals surface area (Å²) in [4.78, 5) is 5.08. The minimum atomic E-state index is 0.395. The highest BCUT2D eigenvalue weighted by molar-refractivity contribution is 7.80. The molecule has 1 aliphatic rings. The minimum absolute atomic E-state index is 0.395. The molecule has 1 aromatic heterocycles. The molecule has 1 saturated carbocycles. The number of nitrogens with one attached hydrogen (secondary N) is 1. The van der Waals surface area contributed by atoms with Gasteiger partial charge >= 0.3 is 0 Å². The summed E-state index contributed by atoms with van der Waals surface area (Å²) in [5.41, 5.74) is 8.11. The van der Waals surface area contributed by atoms with E-state index in [1.807, 2.05) is 30.3 Å². The van der Waals surface area contributed by atoms with Crippen LogP contribution in [0.3, 0.4) is 0 Å². The molecule has 3 N–H and O–H groups in total. The number of pyridine rings is 1. The summed E-state index contributed by atoms with van der Waals surface area (Å²) >= 11 is 5.16. The van der Waals surface area contributed by atoms with Gasteiger partial charge in [0.05, 0.1) is 11.1 Å². The van der Waals surface area contributed by atoms with Crippen molar-refractivity contribution < 1.29 is 0 Å². The topological polar surface area (TPSA) is 50.9 Å². The number of aromatic nitrogens is 1. The number of hydrogen-bond acceptors (Lipinski definition) is 3. The third kappa shape index (κ3) is 2.48. The molecule has 2 aromatic rings. The number of rotatable bonds is 5. The lowest BCUT2D eigenvalue weighted by Gasteiger charge is -2.16. The molecule has 0 atom stereocenters. The van der Waals surface area contributed by atoms with E-state index in [0.29, 0.717) is 10.4 Å². The molecule has 0 radical (unpaired) electrons. The molecule has 0 bridgehead atoms. The standard InChI is InChI=1S/C16H19N3S/c1-2-16(7-8-16)10-18-15-12(14(17)20)9-11-5-3-4-6-13(11)19-15/h3-6,9H,2,7-8,10H2,1H3,(H2,17,20)(H,18,19). The van der Waals surface area contributed by atoms with E-state index in [1.165, 1.54) is 19.3 Å². The van der Waals surface area contributed by atoms with E-state index < -0.39 is 0 Å². The van der Waals surface area contributed by atoms with E-state index in [9.17, 15) is 0 Å². The van der Waals surface area contributed by atoms with Crippen molar-refractivity contribution in [2.24, 2.45) is 11.1 Å². The van der Waals surface area contributed by atoms with Crippen LogP contribution in [0.25, 0.3) is 10.9 Å². The number of nitrogens with two attached hydrogens (primary N) is 1. The van der Waals surface area contributed by atoms with Crippen LogP contribution in [0.15, 0.2) is 30.3 Å². The van der Waals surface area contributed by atoms with Crippen LogP contribution in [0.2, 0.25) is 0 Å². The van der Waals surface area contributed by atoms with Crippen LogP contribution in [0.4, 0.5) is 5.82 Å². The molecule has 1 heterocycles. The Bertz CT molecular complexity index is 662. The highest BCUT2D eigenvalue weighted by atomic mass is 32.1. The summed E-state index contributed by atoms with van der Waals surface area (Å²) in [7, 11) is 0. The molecule has 3 nitrogen and oxygen atoms in total. The van der Waals surface area contributed by atoms with E-state index in [2.05, 4.69) is 17.2 Å². The van der Waals surface area contributed by atoms with Gasteiger partial charge in [-0.2, -0.15) is 0 Å². The van der Waals surface area contributed by atoms with Gasteiger partial charge in [-0.3, -0.25) is 0 Å². The van der Waals surface area contributed by atoms with Crippen molar-refractivity contribution in [1.82, 2.24) is 4.98 Å². The maximum absolute atomic E-state index is 5.84. The largest absolute Gasteiger partial charge is 0.389 e. The molecule has 0 aliphatic heterocycles. The fourth-order valence-electron chi connectivity index (χ4n) is 2.54. The zero-order chi connectivity index (χ0) is 14.2. The highest BCUT2D eigenvalue weighted by Crippen LogP contribution is 2.48. The van der Waals surface area contributed by atoms with Crippen molar-refractivity contribution >= 4 is 33.9 Å². The van der Waals surface area contributed by atoms with Crippen LogP contribution < -0.4 is 11.1 Å². The third-order valence-electron chi connectivity index (χ3n) is 4.33. The second kappa shape index (κ2) is 5.02. The summed E-state index contributed by atoms with van der Waals surface area (Å²) in [6.45, 7) is 3.20. The average Bonchev–Trinajstić information content (AvgIpc) is 3.24. The normalized spacial score (nSPS) is 16.1. The molecule has 0 amide bonds. The van der Waals surface area contributed by atoms with Gasteiger partial charge in [0.1, 0.15) is 10.8 Å². The third-order valence-corrected chi connectivity index (χ3v) is 4.55. The van der Waals surface area contributed by atoms with Crippen LogP contribution in [0.1, 0.15) is 31.7 Å². The predicted molar refractivity (Wildman–Crippen MR) is 88.1 cm³/mol. The van der Waals surface area contributed by atoms with Crippen molar-refractivity contribution in [2.45, 2.75) is 26.2 Å². The zero-order valence-electron chi connectivity index (χ0n) is 11.6. The zero-order valence-corrected chi connectivity index (χ0v) is 12.5. The fourth-order valence-corrected chi connectivity index (χ4v) is 2.70. The summed E-state index contributed by atoms with van der Waals surface area (Å²) in [6, 6.07) is 10.1. The maximum atomic E-state index is 5.84. The summed E-state index contributed by atoms with van der Waals surface area (Å²) in [5.74, 6) is 0.816. The summed E-state index contributed by atoms with van der Waals surface area (Å²) in [5, 5.41) is 4.53. The number of anilines is 1. The van der Waals surface area contributed by atoms with Gasteiger partial charge in [0.25, 0.3) is 0 Å². The van der Waals surface area contributed by atoms with E-state index in [4.69, 9.17) is 18.0 Å². The van der Waals surface area contributed by atoms with Crippen LogP contribution in [0, 0.1) is 5.41 Å². The van der Waals surface area contributed by atoms with Gasteiger partial charge in [0.15, 0.2) is 0 Å². The molecular weight excluding hydrogens is 266 g/mol. The molecule has 1 aliphatic carbocycles. The van der Waals surface area contributed by atoms with Gasteiger partial charge in [-0.05, 0) is 36.8 Å². The minimum Gasteiger partial charge on any atom is -0.389 e. The lowest BCUT2D eigenvalue weighted by Crippen LogP contribution is -2.19. The molecule has 104 valence electrons. The Balaban J connectivity index is 1.95. The molecule has 1 fully saturated rings. The molecule has 3 rings (SSSR count). The molecule has 0 saturated heterocycles. The van der Waals surface area contributed by atoms with Crippen LogP contribution in [0.5, 0.6) is 0 Å². The number of fused-ring (bicyclic) bond motifs is 1. The Morgan fingerprint density at radius 3 is 2.80 bits per heavy atom. The SMILES string of the molecule is CCC1(CNc2nc3ccccc3cc2C(N)=S)CC1. The molecule has 4 heteroatoms. The number of nitrogens with zero attached hydrogens (tertiary/aromatic N) is 1. The van der Waals surface area contributed by atoms with Gasteiger partial charge in [-0.15, -0.1) is 0 Å². The highest BCUT2D eigenvalue weighted by Gasteiger charge is 2.40. The first-order valence-electron chi connectivity index (χ1n) is 7.07. The lowest BCUT2D eigenvalue weighted by molar-refractivity contribution is 0.521. The lowest BCUT2D eigenvalue weighted by atomic mass is 10.0. The molecule has 0 spiro atoms. The fraction of sp³-hybridized carbons (Fsp3) is 0.375. The Labute approximate surface area is 124 Å². The number of benzene rings is 1. The van der Waals surface area contributed by atoms with E-state index in [0.717, 1.165) is 28.8 Å². The Morgan fingerprint density at radius 1 is 1.40 bits per heavy atom.